The van der Waals surface area contributed by atoms with E-state index in [0.717, 1.165) is 51.4 Å². The monoisotopic (exact) mass is 521 g/mol. The predicted octanol–water partition coefficient (Wildman–Crippen LogP) is 4.41. The van der Waals surface area contributed by atoms with Crippen molar-refractivity contribution in [1.82, 2.24) is 4.90 Å². The van der Waals surface area contributed by atoms with Crippen molar-refractivity contribution in [2.45, 2.75) is 80.6 Å². The molecule has 1 saturated carbocycles. The van der Waals surface area contributed by atoms with Gasteiger partial charge in [0.25, 0.3) is 0 Å². The van der Waals surface area contributed by atoms with E-state index >= 15 is 0 Å². The molecule has 0 amide bonds. The summed E-state index contributed by atoms with van der Waals surface area (Å²) < 4.78 is 30.5. The Morgan fingerprint density at radius 2 is 1.92 bits per heavy atom. The second kappa shape index (κ2) is 8.94. The fourth-order valence-corrected chi connectivity index (χ4v) is 8.64. The van der Waals surface area contributed by atoms with Crippen LogP contribution in [0, 0.1) is 5.92 Å². The summed E-state index contributed by atoms with van der Waals surface area (Å²) in [6, 6.07) is 15.0. The van der Waals surface area contributed by atoms with E-state index in [1.807, 2.05) is 18.2 Å². The molecule has 8 rings (SSSR count). The van der Waals surface area contributed by atoms with E-state index in [-0.39, 0.29) is 17.1 Å². The van der Waals surface area contributed by atoms with Crippen molar-refractivity contribution < 1.29 is 22.4 Å². The molecule has 1 N–H and O–H groups in total. The maximum Gasteiger partial charge on any atom is 0.360 e. The van der Waals surface area contributed by atoms with Crippen molar-refractivity contribution in [3.05, 3.63) is 71.3 Å². The van der Waals surface area contributed by atoms with Crippen LogP contribution in [0.1, 0.15) is 55.2 Å². The molecule has 6 nitrogen and oxygen atoms in total. The fourth-order valence-electron chi connectivity index (χ4n) is 8.06. The van der Waals surface area contributed by atoms with Crippen LogP contribution in [0.15, 0.2) is 54.6 Å². The van der Waals surface area contributed by atoms with Crippen molar-refractivity contribution in [1.29, 1.82) is 0 Å². The van der Waals surface area contributed by atoms with Crippen LogP contribution in [0.25, 0.3) is 0 Å². The Balaban J connectivity index is 1.01. The summed E-state index contributed by atoms with van der Waals surface area (Å²) >= 11 is -1.90. The van der Waals surface area contributed by atoms with Crippen LogP contribution in [0.5, 0.6) is 11.5 Å². The zero-order valence-corrected chi connectivity index (χ0v) is 22.1. The number of ether oxygens (including phenoxy) is 1. The summed E-state index contributed by atoms with van der Waals surface area (Å²) in [5.41, 5.74) is 3.78. The molecule has 37 heavy (non-hydrogen) atoms. The maximum absolute atomic E-state index is 12.7. The average Bonchev–Trinajstić information content (AvgIpc) is 3.40. The third-order valence-corrected chi connectivity index (χ3v) is 10.5. The number of fused-ring (bicyclic) bond motifs is 1. The summed E-state index contributed by atoms with van der Waals surface area (Å²) in [7, 11) is 2.24. The number of unbranched alkanes of at least 4 members (excludes halogenated alkanes) is 3. The number of rotatable bonds is 10. The average molecular weight is 522 g/mol. The minimum atomic E-state index is -1.90. The second-order valence-electron chi connectivity index (χ2n) is 11.5. The maximum atomic E-state index is 12.7. The normalized spacial score (nSPS) is 36.3. The minimum absolute atomic E-state index is 0.209. The largest absolute Gasteiger partial charge is 0.482 e. The van der Waals surface area contributed by atoms with Gasteiger partial charge < -0.3 is 14.0 Å². The highest BCUT2D eigenvalue weighted by Gasteiger charge is 2.76. The number of hydrogen-bond donors (Lipinski definition) is 1. The first kappa shape index (κ1) is 23.9. The highest BCUT2D eigenvalue weighted by atomic mass is 32.2. The molecule has 4 aliphatic carbocycles. The van der Waals surface area contributed by atoms with Gasteiger partial charge in [0.05, 0.1) is 6.61 Å². The van der Waals surface area contributed by atoms with Crippen LogP contribution in [0.3, 0.4) is 0 Å². The van der Waals surface area contributed by atoms with Crippen LogP contribution in [0.2, 0.25) is 0 Å². The number of benzene rings is 2. The van der Waals surface area contributed by atoms with Gasteiger partial charge in [0.2, 0.25) is 0 Å². The van der Waals surface area contributed by atoms with E-state index in [1.54, 1.807) is 0 Å². The molecule has 2 aliphatic heterocycles. The first-order valence-corrected chi connectivity index (χ1v) is 14.7. The Kier molecular flexibility index (Phi) is 5.77. The third kappa shape index (κ3) is 3.58. The number of likely N-dealkylation sites (tertiary alicyclic amines) is 1. The quantitative estimate of drug-likeness (QED) is 0.284. The number of likely N-dealkylation sites (N-methyl/N-ethyl adjacent to an activating group) is 1. The molecule has 7 heteroatoms. The van der Waals surface area contributed by atoms with Crippen LogP contribution in [0.4, 0.5) is 0 Å². The molecule has 2 aromatic carbocycles. The van der Waals surface area contributed by atoms with Crippen molar-refractivity contribution in [3.8, 4) is 11.5 Å². The summed E-state index contributed by atoms with van der Waals surface area (Å²) in [6.07, 6.45) is 11.4. The van der Waals surface area contributed by atoms with Crippen molar-refractivity contribution >= 4 is 11.4 Å². The van der Waals surface area contributed by atoms with Gasteiger partial charge in [-0.15, -0.1) is 0 Å². The van der Waals surface area contributed by atoms with E-state index < -0.39 is 17.5 Å². The van der Waals surface area contributed by atoms with Crippen LogP contribution >= 0.6 is 0 Å². The molecular formula is C30H35NO5S. The van der Waals surface area contributed by atoms with Gasteiger partial charge in [-0.25, -0.2) is 0 Å². The molecule has 196 valence electrons. The molecule has 2 fully saturated rings. The number of aliphatic hydroxyl groups is 1. The summed E-state index contributed by atoms with van der Waals surface area (Å²) in [4.78, 5) is 2.53. The van der Waals surface area contributed by atoms with E-state index in [1.165, 1.54) is 16.7 Å². The van der Waals surface area contributed by atoms with Crippen molar-refractivity contribution in [2.24, 2.45) is 5.92 Å². The molecule has 6 aliphatic rings. The highest BCUT2D eigenvalue weighted by Crippen LogP contribution is 2.70. The molecule has 1 saturated heterocycles. The van der Waals surface area contributed by atoms with Crippen LogP contribution in [-0.2, 0) is 33.8 Å². The number of nitrogens with zero attached hydrogens (tertiary/aromatic N) is 1. The van der Waals surface area contributed by atoms with E-state index in [4.69, 9.17) is 13.1 Å². The third-order valence-electron chi connectivity index (χ3n) is 9.80. The predicted molar refractivity (Wildman–Crippen MR) is 142 cm³/mol. The SMILES string of the molecule is CN1C2C3C=CC(O)C4Oc5c(OS(=O)OCCCCCCc6ccccc6)ccc6c5C34CCC21C6. The molecule has 2 spiro atoms. The smallest absolute Gasteiger partial charge is 0.360 e. The molecule has 0 radical (unpaired) electrons. The Morgan fingerprint density at radius 3 is 2.78 bits per heavy atom. The van der Waals surface area contributed by atoms with Gasteiger partial charge in [0, 0.05) is 28.5 Å². The van der Waals surface area contributed by atoms with Gasteiger partial charge in [-0.1, -0.05) is 61.4 Å². The summed E-state index contributed by atoms with van der Waals surface area (Å²) in [6.45, 7) is 0.396. The Bertz CT molecular complexity index is 1250. The molecular weight excluding hydrogens is 486 g/mol. The molecule has 2 bridgehead atoms. The van der Waals surface area contributed by atoms with Crippen molar-refractivity contribution in [2.75, 3.05) is 13.7 Å². The van der Waals surface area contributed by atoms with E-state index in [2.05, 4.69) is 48.4 Å². The lowest BCUT2D eigenvalue weighted by Gasteiger charge is -2.46. The Morgan fingerprint density at radius 1 is 1.08 bits per heavy atom. The zero-order valence-electron chi connectivity index (χ0n) is 21.3. The molecule has 2 heterocycles. The number of hydrogen-bond acceptors (Lipinski definition) is 6. The number of aryl methyl sites for hydroxylation is 1. The molecule has 8 unspecified atom stereocenters. The lowest BCUT2D eigenvalue weighted by atomic mass is 9.57. The number of aliphatic hydroxyl groups excluding tert-OH is 1. The van der Waals surface area contributed by atoms with E-state index in [0.29, 0.717) is 30.1 Å². The van der Waals surface area contributed by atoms with Crippen molar-refractivity contribution in [3.63, 3.8) is 0 Å². The summed E-state index contributed by atoms with van der Waals surface area (Å²) in [5, 5.41) is 10.9. The first-order valence-electron chi connectivity index (χ1n) is 13.7. The van der Waals surface area contributed by atoms with Gasteiger partial charge >= 0.3 is 11.4 Å². The topological polar surface area (TPSA) is 68.0 Å². The summed E-state index contributed by atoms with van der Waals surface area (Å²) in [5.74, 6) is 1.43. The second-order valence-corrected chi connectivity index (χ2v) is 12.3. The van der Waals surface area contributed by atoms with Crippen LogP contribution < -0.4 is 8.92 Å². The Hall–Kier alpha value is -2.19. The first-order chi connectivity index (χ1) is 18.0. The standard InChI is InChI=1S/C30H35NO5S/c1-31-27-22-13-14-23(32)28-30(22)17-16-29(27,31)19-21-12-15-24(26(35-28)25(21)30)36-37(33)34-18-8-3-2-5-9-20-10-6-4-7-11-20/h4,6-7,10-15,22-23,27-28,32H,2-3,5,8-9,16-19H2,1H3. The van der Waals surface area contributed by atoms with Gasteiger partial charge in [-0.3, -0.25) is 9.08 Å². The van der Waals surface area contributed by atoms with Gasteiger partial charge in [0.1, 0.15) is 12.2 Å². The fraction of sp³-hybridized carbons (Fsp3) is 0.533. The molecule has 2 aromatic rings. The van der Waals surface area contributed by atoms with Gasteiger partial charge in [0.15, 0.2) is 11.5 Å². The lowest BCUT2D eigenvalue weighted by molar-refractivity contribution is -0.00496. The van der Waals surface area contributed by atoms with Gasteiger partial charge in [-0.2, -0.15) is 4.21 Å². The van der Waals surface area contributed by atoms with Crippen LogP contribution in [-0.4, -0.2) is 51.7 Å². The van der Waals surface area contributed by atoms with Gasteiger partial charge in [-0.05, 0) is 62.8 Å². The molecule has 8 atom stereocenters. The van der Waals surface area contributed by atoms with E-state index in [9.17, 15) is 9.32 Å². The Labute approximate surface area is 221 Å². The lowest BCUT2D eigenvalue weighted by Crippen LogP contribution is -2.56. The molecule has 0 aromatic heterocycles. The minimum Gasteiger partial charge on any atom is -0.482 e. The highest BCUT2D eigenvalue weighted by molar-refractivity contribution is 7.75. The zero-order chi connectivity index (χ0) is 25.2.